The zero-order chi connectivity index (χ0) is 18.7. The van der Waals surface area contributed by atoms with Crippen molar-refractivity contribution in [3.8, 4) is 0 Å². The van der Waals surface area contributed by atoms with Gasteiger partial charge in [-0.05, 0) is 84.0 Å². The lowest BCUT2D eigenvalue weighted by molar-refractivity contribution is 0.0978. The lowest BCUT2D eigenvalue weighted by Gasteiger charge is -2.20. The average molecular weight is 520 g/mol. The van der Waals surface area contributed by atoms with Crippen LogP contribution >= 0.6 is 58.0 Å². The number of carbonyl (C=O) groups is 1. The molecule has 0 radical (unpaired) electrons. The van der Waals surface area contributed by atoms with Gasteiger partial charge in [0.25, 0.3) is 5.91 Å². The van der Waals surface area contributed by atoms with Crippen molar-refractivity contribution in [2.24, 2.45) is 0 Å². The summed E-state index contributed by atoms with van der Waals surface area (Å²) >= 11 is 19.8. The Labute approximate surface area is 181 Å². The average Bonchev–Trinajstić information content (AvgIpc) is 3.11. The second kappa shape index (κ2) is 8.73. The van der Waals surface area contributed by atoms with Gasteiger partial charge in [-0.1, -0.05) is 23.2 Å². The van der Waals surface area contributed by atoms with Gasteiger partial charge in [-0.15, -0.1) is 0 Å². The van der Waals surface area contributed by atoms with Crippen LogP contribution in [-0.2, 0) is 0 Å². The molecule has 8 heteroatoms. The number of nitrogens with one attached hydrogen (secondary N) is 2. The Morgan fingerprint density at radius 1 is 1.08 bits per heavy atom. The lowest BCUT2D eigenvalue weighted by Crippen LogP contribution is -2.34. The van der Waals surface area contributed by atoms with E-state index in [9.17, 15) is 4.79 Å². The molecule has 3 rings (SSSR count). The highest BCUT2D eigenvalue weighted by molar-refractivity contribution is 14.1. The van der Waals surface area contributed by atoms with Crippen LogP contribution < -0.4 is 15.5 Å². The number of hydrogen-bond donors (Lipinski definition) is 2. The minimum absolute atomic E-state index is 0.190. The molecule has 2 aromatic rings. The van der Waals surface area contributed by atoms with Crippen molar-refractivity contribution in [2.75, 3.05) is 23.3 Å². The molecule has 1 aliphatic heterocycles. The predicted octanol–water partition coefficient (Wildman–Crippen LogP) is 5.33. The molecular formula is C18H16Cl2IN3OS. The number of thiocarbonyl (C=S) groups is 1. The quantitative estimate of drug-likeness (QED) is 0.425. The molecule has 1 aliphatic rings. The first kappa shape index (κ1) is 19.7. The van der Waals surface area contributed by atoms with Gasteiger partial charge in [-0.25, -0.2) is 0 Å². The van der Waals surface area contributed by atoms with Gasteiger partial charge >= 0.3 is 0 Å². The first-order valence-electron chi connectivity index (χ1n) is 8.06. The normalized spacial score (nSPS) is 13.6. The van der Waals surface area contributed by atoms with E-state index in [0.29, 0.717) is 15.6 Å². The van der Waals surface area contributed by atoms with E-state index in [1.165, 1.54) is 12.8 Å². The third-order valence-corrected chi connectivity index (χ3v) is 5.56. The highest BCUT2D eigenvalue weighted by Gasteiger charge is 2.16. The Bertz CT molecular complexity index is 856. The number of carbonyl (C=O) groups excluding carboxylic acids is 1. The van der Waals surface area contributed by atoms with Crippen molar-refractivity contribution in [1.29, 1.82) is 0 Å². The minimum atomic E-state index is -0.356. The van der Waals surface area contributed by atoms with Gasteiger partial charge in [0, 0.05) is 22.3 Å². The minimum Gasteiger partial charge on any atom is -0.370 e. The second-order valence-corrected chi connectivity index (χ2v) is 8.36. The highest BCUT2D eigenvalue weighted by Crippen LogP contribution is 2.31. The number of halogens is 3. The van der Waals surface area contributed by atoms with Crippen molar-refractivity contribution in [3.05, 3.63) is 55.6 Å². The summed E-state index contributed by atoms with van der Waals surface area (Å²) < 4.78 is 0.917. The summed E-state index contributed by atoms with van der Waals surface area (Å²) in [5.41, 5.74) is 2.12. The molecule has 0 atom stereocenters. The van der Waals surface area contributed by atoms with Crippen molar-refractivity contribution in [1.82, 2.24) is 5.32 Å². The van der Waals surface area contributed by atoms with E-state index in [-0.39, 0.29) is 11.0 Å². The zero-order valence-electron chi connectivity index (χ0n) is 13.7. The van der Waals surface area contributed by atoms with Crippen LogP contribution in [0.3, 0.4) is 0 Å². The maximum Gasteiger partial charge on any atom is 0.258 e. The third kappa shape index (κ3) is 4.79. The Hall–Kier alpha value is -1.09. The monoisotopic (exact) mass is 519 g/mol. The van der Waals surface area contributed by atoms with Crippen LogP contribution in [0.1, 0.15) is 23.2 Å². The Morgan fingerprint density at radius 3 is 2.50 bits per heavy atom. The van der Waals surface area contributed by atoms with Crippen LogP contribution in [0.4, 0.5) is 11.4 Å². The lowest BCUT2D eigenvalue weighted by atomic mass is 10.2. The van der Waals surface area contributed by atoms with Gasteiger partial charge in [-0.3, -0.25) is 10.1 Å². The molecule has 1 saturated heterocycles. The summed E-state index contributed by atoms with van der Waals surface area (Å²) in [5, 5.41) is 6.86. The SMILES string of the molecule is O=C(NC(=S)Nc1ccc(N2CCCC2)c(Cl)c1)c1cc(I)ccc1Cl. The van der Waals surface area contributed by atoms with Crippen molar-refractivity contribution < 1.29 is 4.79 Å². The van der Waals surface area contributed by atoms with Crippen molar-refractivity contribution in [2.45, 2.75) is 12.8 Å². The molecule has 0 aromatic heterocycles. The predicted molar refractivity (Wildman–Crippen MR) is 121 cm³/mol. The molecule has 2 aromatic carbocycles. The van der Waals surface area contributed by atoms with E-state index >= 15 is 0 Å². The van der Waals surface area contributed by atoms with E-state index in [1.54, 1.807) is 12.1 Å². The summed E-state index contributed by atoms with van der Waals surface area (Å²) in [6.07, 6.45) is 2.38. The molecule has 0 unspecified atom stereocenters. The third-order valence-electron chi connectivity index (χ3n) is 4.05. The number of hydrogen-bond acceptors (Lipinski definition) is 3. The fourth-order valence-corrected chi connectivity index (χ4v) is 4.01. The zero-order valence-corrected chi connectivity index (χ0v) is 18.2. The Morgan fingerprint density at radius 2 is 1.81 bits per heavy atom. The molecular weight excluding hydrogens is 504 g/mol. The molecule has 26 heavy (non-hydrogen) atoms. The fourth-order valence-electron chi connectivity index (χ4n) is 2.80. The van der Waals surface area contributed by atoms with E-state index in [1.807, 2.05) is 24.3 Å². The van der Waals surface area contributed by atoms with Crippen LogP contribution in [0, 0.1) is 3.57 Å². The number of nitrogens with zero attached hydrogens (tertiary/aromatic N) is 1. The van der Waals surface area contributed by atoms with Crippen molar-refractivity contribution >= 4 is 80.4 Å². The Balaban J connectivity index is 1.65. The second-order valence-electron chi connectivity index (χ2n) is 5.89. The first-order valence-corrected chi connectivity index (χ1v) is 10.3. The maximum atomic E-state index is 12.4. The van der Waals surface area contributed by atoms with Crippen LogP contribution in [-0.4, -0.2) is 24.1 Å². The highest BCUT2D eigenvalue weighted by atomic mass is 127. The number of rotatable bonds is 3. The maximum absolute atomic E-state index is 12.4. The van der Waals surface area contributed by atoms with E-state index in [2.05, 4.69) is 38.1 Å². The van der Waals surface area contributed by atoms with Crippen LogP contribution in [0.5, 0.6) is 0 Å². The standard InChI is InChI=1S/C18H16Cl2IN3OS/c19-14-5-3-11(21)9-13(14)17(25)23-18(26)22-12-4-6-16(15(20)10-12)24-7-1-2-8-24/h3-6,9-10H,1-2,7-8H2,(H2,22,23,25,26). The smallest absolute Gasteiger partial charge is 0.258 e. The van der Waals surface area contributed by atoms with E-state index < -0.39 is 0 Å². The molecule has 4 nitrogen and oxygen atoms in total. The molecule has 2 N–H and O–H groups in total. The molecule has 1 amide bonds. The fraction of sp³-hybridized carbons (Fsp3) is 0.222. The topological polar surface area (TPSA) is 44.4 Å². The largest absolute Gasteiger partial charge is 0.370 e. The van der Waals surface area contributed by atoms with Gasteiger partial charge in [0.2, 0.25) is 0 Å². The molecule has 1 heterocycles. The Kier molecular flexibility index (Phi) is 6.60. The van der Waals surface area contributed by atoms with E-state index in [0.717, 1.165) is 28.0 Å². The van der Waals surface area contributed by atoms with Crippen molar-refractivity contribution in [3.63, 3.8) is 0 Å². The van der Waals surface area contributed by atoms with Gasteiger partial charge < -0.3 is 10.2 Å². The summed E-state index contributed by atoms with van der Waals surface area (Å²) in [7, 11) is 0. The summed E-state index contributed by atoms with van der Waals surface area (Å²) in [6.45, 7) is 2.05. The molecule has 136 valence electrons. The first-order chi connectivity index (χ1) is 12.4. The summed E-state index contributed by atoms with van der Waals surface area (Å²) in [6, 6.07) is 10.9. The summed E-state index contributed by atoms with van der Waals surface area (Å²) in [4.78, 5) is 14.6. The molecule has 0 saturated carbocycles. The van der Waals surface area contributed by atoms with Gasteiger partial charge in [0.1, 0.15) is 0 Å². The number of amides is 1. The molecule has 0 aliphatic carbocycles. The van der Waals surface area contributed by atoms with Gasteiger partial charge in [-0.2, -0.15) is 0 Å². The molecule has 0 bridgehead atoms. The van der Waals surface area contributed by atoms with Gasteiger partial charge in [0.05, 0.1) is 21.3 Å². The van der Waals surface area contributed by atoms with Gasteiger partial charge in [0.15, 0.2) is 5.11 Å². The van der Waals surface area contributed by atoms with Crippen LogP contribution in [0.15, 0.2) is 36.4 Å². The van der Waals surface area contributed by atoms with E-state index in [4.69, 9.17) is 35.4 Å². The summed E-state index contributed by atoms with van der Waals surface area (Å²) in [5.74, 6) is -0.356. The number of anilines is 2. The number of benzene rings is 2. The van der Waals surface area contributed by atoms with Crippen LogP contribution in [0.2, 0.25) is 10.0 Å². The molecule has 1 fully saturated rings. The van der Waals surface area contributed by atoms with Crippen LogP contribution in [0.25, 0.3) is 0 Å². The molecule has 0 spiro atoms.